The number of aromatic nitrogens is 1. The van der Waals surface area contributed by atoms with Gasteiger partial charge in [0.05, 0.1) is 16.3 Å². The molecule has 1 aromatic heterocycles. The topological polar surface area (TPSA) is 105 Å². The number of fused-ring (bicyclic) bond motifs is 1. The fourth-order valence-corrected chi connectivity index (χ4v) is 5.79. The number of amides is 1. The largest absolute Gasteiger partial charge is 0.419 e. The second-order valence-electron chi connectivity index (χ2n) is 8.39. The van der Waals surface area contributed by atoms with E-state index in [0.29, 0.717) is 31.4 Å². The van der Waals surface area contributed by atoms with Crippen LogP contribution in [0.15, 0.2) is 32.3 Å². The van der Waals surface area contributed by atoms with Gasteiger partial charge in [-0.15, -0.1) is 0 Å². The summed E-state index contributed by atoms with van der Waals surface area (Å²) in [6.45, 7) is 8.16. The average molecular weight is 467 g/mol. The van der Waals surface area contributed by atoms with Crippen molar-refractivity contribution >= 4 is 27.0 Å². The molecular formula is C22H34N4O5S. The average Bonchev–Trinajstić information content (AvgIpc) is 3.07. The lowest BCUT2D eigenvalue weighted by atomic mass is 9.99. The first kappa shape index (κ1) is 24.5. The summed E-state index contributed by atoms with van der Waals surface area (Å²) < 4.78 is 34.2. The molecule has 0 unspecified atom stereocenters. The Morgan fingerprint density at radius 2 is 1.94 bits per heavy atom. The molecule has 1 fully saturated rings. The minimum absolute atomic E-state index is 0.0650. The lowest BCUT2D eigenvalue weighted by Gasteiger charge is -2.31. The minimum atomic E-state index is -3.80. The van der Waals surface area contributed by atoms with Gasteiger partial charge in [0.25, 0.3) is 0 Å². The maximum atomic E-state index is 13.2. The van der Waals surface area contributed by atoms with Gasteiger partial charge in [-0.25, -0.2) is 13.2 Å². The number of carbonyl (C=O) groups is 1. The Labute approximate surface area is 189 Å². The van der Waals surface area contributed by atoms with E-state index >= 15 is 0 Å². The Balaban J connectivity index is 1.64. The second kappa shape index (κ2) is 10.6. The van der Waals surface area contributed by atoms with Crippen LogP contribution >= 0.6 is 0 Å². The molecule has 3 rings (SSSR count). The van der Waals surface area contributed by atoms with Crippen LogP contribution in [0, 0.1) is 5.92 Å². The second-order valence-corrected chi connectivity index (χ2v) is 10.3. The molecule has 178 valence electrons. The van der Waals surface area contributed by atoms with Crippen LogP contribution in [0.3, 0.4) is 0 Å². The highest BCUT2D eigenvalue weighted by atomic mass is 32.2. The SMILES string of the molecule is CCCN(CCC)CCNC(=O)[C@H]1CCCN(S(=O)(=O)c2ccc3c(c2)oc(=O)n3C)C1. The van der Waals surface area contributed by atoms with Crippen LogP contribution in [-0.4, -0.2) is 67.4 Å². The lowest BCUT2D eigenvalue weighted by Crippen LogP contribution is -2.46. The maximum Gasteiger partial charge on any atom is 0.419 e. The molecule has 1 amide bonds. The van der Waals surface area contributed by atoms with Crippen LogP contribution in [0.25, 0.3) is 11.1 Å². The third-order valence-corrected chi connectivity index (χ3v) is 7.82. The fraction of sp³-hybridized carbons (Fsp3) is 0.636. The van der Waals surface area contributed by atoms with Gasteiger partial charge in [0.15, 0.2) is 5.58 Å². The molecule has 1 N–H and O–H groups in total. The molecule has 1 aromatic carbocycles. The summed E-state index contributed by atoms with van der Waals surface area (Å²) >= 11 is 0. The highest BCUT2D eigenvalue weighted by Crippen LogP contribution is 2.26. The molecular weight excluding hydrogens is 432 g/mol. The van der Waals surface area contributed by atoms with Gasteiger partial charge in [0, 0.05) is 39.3 Å². The monoisotopic (exact) mass is 466 g/mol. The van der Waals surface area contributed by atoms with Gasteiger partial charge in [-0.1, -0.05) is 13.8 Å². The van der Waals surface area contributed by atoms with Crippen molar-refractivity contribution < 1.29 is 17.6 Å². The van der Waals surface area contributed by atoms with Crippen molar-refractivity contribution in [2.24, 2.45) is 13.0 Å². The summed E-state index contributed by atoms with van der Waals surface area (Å²) in [5.74, 6) is -1.01. The molecule has 32 heavy (non-hydrogen) atoms. The van der Waals surface area contributed by atoms with Crippen molar-refractivity contribution in [1.82, 2.24) is 19.1 Å². The number of piperidine rings is 1. The van der Waals surface area contributed by atoms with Gasteiger partial charge in [0.1, 0.15) is 0 Å². The Morgan fingerprint density at radius 1 is 1.22 bits per heavy atom. The molecule has 0 saturated carbocycles. The highest BCUT2D eigenvalue weighted by molar-refractivity contribution is 7.89. The van der Waals surface area contributed by atoms with Crippen molar-refractivity contribution in [3.8, 4) is 0 Å². The summed E-state index contributed by atoms with van der Waals surface area (Å²) in [5, 5.41) is 2.99. The van der Waals surface area contributed by atoms with Crippen molar-refractivity contribution in [2.75, 3.05) is 39.3 Å². The van der Waals surface area contributed by atoms with Crippen LogP contribution < -0.4 is 11.1 Å². The zero-order chi connectivity index (χ0) is 23.3. The molecule has 0 radical (unpaired) electrons. The zero-order valence-corrected chi connectivity index (χ0v) is 20.0. The summed E-state index contributed by atoms with van der Waals surface area (Å²) in [5.41, 5.74) is 0.763. The third kappa shape index (κ3) is 5.41. The Kier molecular flexibility index (Phi) is 8.13. The van der Waals surface area contributed by atoms with E-state index in [0.717, 1.165) is 32.5 Å². The lowest BCUT2D eigenvalue weighted by molar-refractivity contribution is -0.126. The van der Waals surface area contributed by atoms with Gasteiger partial charge in [-0.05, 0) is 50.9 Å². The van der Waals surface area contributed by atoms with E-state index in [9.17, 15) is 18.0 Å². The Morgan fingerprint density at radius 3 is 2.62 bits per heavy atom. The normalized spacial score (nSPS) is 17.8. The van der Waals surface area contributed by atoms with Crippen LogP contribution in [0.4, 0.5) is 0 Å². The number of aryl methyl sites for hydroxylation is 1. The minimum Gasteiger partial charge on any atom is -0.408 e. The van der Waals surface area contributed by atoms with Crippen LogP contribution in [-0.2, 0) is 21.9 Å². The molecule has 9 nitrogen and oxygen atoms in total. The summed E-state index contributed by atoms with van der Waals surface area (Å²) in [4.78, 5) is 26.8. The molecule has 0 bridgehead atoms. The number of hydrogen-bond acceptors (Lipinski definition) is 6. The summed E-state index contributed by atoms with van der Waals surface area (Å²) in [6.07, 6.45) is 3.43. The quantitative estimate of drug-likeness (QED) is 0.572. The third-order valence-electron chi connectivity index (χ3n) is 5.96. The molecule has 0 spiro atoms. The maximum absolute atomic E-state index is 13.2. The summed E-state index contributed by atoms with van der Waals surface area (Å²) in [7, 11) is -2.23. The number of oxazole rings is 1. The van der Waals surface area contributed by atoms with Crippen LogP contribution in [0.1, 0.15) is 39.5 Å². The predicted octanol–water partition coefficient (Wildman–Crippen LogP) is 1.77. The first-order chi connectivity index (χ1) is 15.3. The van der Waals surface area contributed by atoms with E-state index in [1.54, 1.807) is 13.1 Å². The van der Waals surface area contributed by atoms with Crippen LogP contribution in [0.2, 0.25) is 0 Å². The molecule has 1 aliphatic rings. The zero-order valence-electron chi connectivity index (χ0n) is 19.2. The molecule has 2 aromatic rings. The smallest absolute Gasteiger partial charge is 0.408 e. The number of carbonyl (C=O) groups excluding carboxylic acids is 1. The van der Waals surface area contributed by atoms with Gasteiger partial charge < -0.3 is 14.6 Å². The molecule has 10 heteroatoms. The van der Waals surface area contributed by atoms with E-state index < -0.39 is 15.8 Å². The fourth-order valence-electron chi connectivity index (χ4n) is 4.25. The van der Waals surface area contributed by atoms with E-state index in [1.165, 1.54) is 21.0 Å². The molecule has 1 atom stereocenters. The van der Waals surface area contributed by atoms with E-state index in [2.05, 4.69) is 24.1 Å². The number of nitrogens with zero attached hydrogens (tertiary/aromatic N) is 3. The van der Waals surface area contributed by atoms with Gasteiger partial charge in [0.2, 0.25) is 15.9 Å². The number of sulfonamides is 1. The van der Waals surface area contributed by atoms with Crippen LogP contribution in [0.5, 0.6) is 0 Å². The van der Waals surface area contributed by atoms with Crippen molar-refractivity contribution in [2.45, 2.75) is 44.4 Å². The van der Waals surface area contributed by atoms with E-state index in [1.807, 2.05) is 0 Å². The molecule has 1 saturated heterocycles. The first-order valence-electron chi connectivity index (χ1n) is 11.4. The molecule has 2 heterocycles. The number of rotatable bonds is 10. The van der Waals surface area contributed by atoms with Gasteiger partial charge in [-0.3, -0.25) is 9.36 Å². The molecule has 0 aliphatic carbocycles. The van der Waals surface area contributed by atoms with Crippen molar-refractivity contribution in [3.63, 3.8) is 0 Å². The van der Waals surface area contributed by atoms with E-state index in [4.69, 9.17) is 4.42 Å². The molecule has 1 aliphatic heterocycles. The van der Waals surface area contributed by atoms with E-state index in [-0.39, 0.29) is 28.8 Å². The van der Waals surface area contributed by atoms with Gasteiger partial charge >= 0.3 is 5.76 Å². The predicted molar refractivity (Wildman–Crippen MR) is 123 cm³/mol. The van der Waals surface area contributed by atoms with Crippen molar-refractivity contribution in [1.29, 1.82) is 0 Å². The highest BCUT2D eigenvalue weighted by Gasteiger charge is 2.33. The van der Waals surface area contributed by atoms with Gasteiger partial charge in [-0.2, -0.15) is 4.31 Å². The Hall–Kier alpha value is -2.17. The summed E-state index contributed by atoms with van der Waals surface area (Å²) in [6, 6.07) is 4.43. The Bertz CT molecular complexity index is 1090. The number of nitrogens with one attached hydrogen (secondary N) is 1. The number of benzene rings is 1. The first-order valence-corrected chi connectivity index (χ1v) is 12.8. The standard InChI is InChI=1S/C22H34N4O5S/c1-4-11-25(12-5-2)14-10-23-21(27)17-7-6-13-26(16-17)32(29,30)18-8-9-19-20(15-18)31-22(28)24(19)3/h8-9,15,17H,4-7,10-14,16H2,1-3H3,(H,23,27)/t17-/m0/s1. The van der Waals surface area contributed by atoms with Crippen molar-refractivity contribution in [3.05, 3.63) is 28.7 Å². The number of hydrogen-bond donors (Lipinski definition) is 1.